The number of hydrogen-bond donors (Lipinski definition) is 1. The van der Waals surface area contributed by atoms with Crippen molar-refractivity contribution in [3.63, 3.8) is 0 Å². The average molecular weight is 213 g/mol. The van der Waals surface area contributed by atoms with E-state index in [-0.39, 0.29) is 0 Å². The van der Waals surface area contributed by atoms with Crippen molar-refractivity contribution in [3.8, 4) is 0 Å². The third-order valence-corrected chi connectivity index (χ3v) is 3.64. The van der Waals surface area contributed by atoms with E-state index in [2.05, 4.69) is 32.6 Å². The predicted octanol–water partition coefficient (Wildman–Crippen LogP) is 2.52. The average Bonchev–Trinajstić information content (AvgIpc) is 2.37. The molecule has 1 unspecified atom stereocenters. The number of nitrogens with zero attached hydrogens (tertiary/aromatic N) is 1. The molecule has 0 aliphatic carbocycles. The molecule has 1 fully saturated rings. The SMILES string of the molecule is CC(C)CCN1CC(CCO)CC1(C)C. The smallest absolute Gasteiger partial charge is 0.0434 e. The highest BCUT2D eigenvalue weighted by Crippen LogP contribution is 2.34. The van der Waals surface area contributed by atoms with Gasteiger partial charge in [0.1, 0.15) is 0 Å². The molecular weight excluding hydrogens is 186 g/mol. The van der Waals surface area contributed by atoms with Crippen LogP contribution in [0.4, 0.5) is 0 Å². The van der Waals surface area contributed by atoms with Gasteiger partial charge in [-0.05, 0) is 51.5 Å². The van der Waals surface area contributed by atoms with Gasteiger partial charge in [-0.1, -0.05) is 13.8 Å². The van der Waals surface area contributed by atoms with E-state index in [0.29, 0.717) is 18.1 Å². The molecule has 90 valence electrons. The summed E-state index contributed by atoms with van der Waals surface area (Å²) in [6.07, 6.45) is 3.50. The molecule has 0 spiro atoms. The Morgan fingerprint density at radius 2 is 2.07 bits per heavy atom. The predicted molar refractivity (Wildman–Crippen MR) is 64.9 cm³/mol. The molecule has 0 aromatic carbocycles. The zero-order valence-corrected chi connectivity index (χ0v) is 10.8. The van der Waals surface area contributed by atoms with E-state index in [9.17, 15) is 0 Å². The summed E-state index contributed by atoms with van der Waals surface area (Å²) in [4.78, 5) is 2.60. The second-order valence-electron chi connectivity index (χ2n) is 6.02. The maximum atomic E-state index is 8.98. The topological polar surface area (TPSA) is 23.5 Å². The van der Waals surface area contributed by atoms with Crippen LogP contribution in [0.3, 0.4) is 0 Å². The van der Waals surface area contributed by atoms with Crippen LogP contribution in [-0.4, -0.2) is 35.2 Å². The summed E-state index contributed by atoms with van der Waals surface area (Å²) in [6.45, 7) is 12.0. The molecule has 1 N–H and O–H groups in total. The summed E-state index contributed by atoms with van der Waals surface area (Å²) in [5.41, 5.74) is 0.342. The summed E-state index contributed by atoms with van der Waals surface area (Å²) in [5.74, 6) is 1.50. The van der Waals surface area contributed by atoms with Crippen molar-refractivity contribution < 1.29 is 5.11 Å². The highest BCUT2D eigenvalue weighted by molar-refractivity contribution is 4.92. The summed E-state index contributed by atoms with van der Waals surface area (Å²) >= 11 is 0. The van der Waals surface area contributed by atoms with Crippen molar-refractivity contribution in [2.75, 3.05) is 19.7 Å². The summed E-state index contributed by atoms with van der Waals surface area (Å²) in [5, 5.41) is 8.98. The molecular formula is C13H27NO. The molecule has 1 atom stereocenters. The molecule has 2 nitrogen and oxygen atoms in total. The quantitative estimate of drug-likeness (QED) is 0.758. The van der Waals surface area contributed by atoms with Crippen LogP contribution in [0.5, 0.6) is 0 Å². The van der Waals surface area contributed by atoms with Gasteiger partial charge in [0.25, 0.3) is 0 Å². The molecule has 0 saturated carbocycles. The van der Waals surface area contributed by atoms with Crippen molar-refractivity contribution in [1.29, 1.82) is 0 Å². The fourth-order valence-electron chi connectivity index (χ4n) is 2.64. The molecule has 0 aromatic heterocycles. The monoisotopic (exact) mass is 213 g/mol. The maximum absolute atomic E-state index is 8.98. The lowest BCUT2D eigenvalue weighted by Gasteiger charge is -2.31. The van der Waals surface area contributed by atoms with E-state index in [1.54, 1.807) is 0 Å². The normalized spacial score (nSPS) is 26.4. The van der Waals surface area contributed by atoms with E-state index in [4.69, 9.17) is 5.11 Å². The van der Waals surface area contributed by atoms with Crippen LogP contribution >= 0.6 is 0 Å². The van der Waals surface area contributed by atoms with Crippen LogP contribution in [0.1, 0.15) is 47.0 Å². The molecule has 0 amide bonds. The zero-order valence-electron chi connectivity index (χ0n) is 10.8. The van der Waals surface area contributed by atoms with Crippen LogP contribution in [-0.2, 0) is 0 Å². The summed E-state index contributed by atoms with van der Waals surface area (Å²) < 4.78 is 0. The highest BCUT2D eigenvalue weighted by Gasteiger charge is 2.37. The number of hydrogen-bond acceptors (Lipinski definition) is 2. The first-order chi connectivity index (χ1) is 6.95. The lowest BCUT2D eigenvalue weighted by molar-refractivity contribution is 0.165. The second kappa shape index (κ2) is 5.31. The van der Waals surface area contributed by atoms with Gasteiger partial charge in [-0.15, -0.1) is 0 Å². The van der Waals surface area contributed by atoms with Crippen molar-refractivity contribution >= 4 is 0 Å². The van der Waals surface area contributed by atoms with E-state index in [1.807, 2.05) is 0 Å². The van der Waals surface area contributed by atoms with Crippen molar-refractivity contribution in [2.24, 2.45) is 11.8 Å². The van der Waals surface area contributed by atoms with Gasteiger partial charge >= 0.3 is 0 Å². The van der Waals surface area contributed by atoms with Crippen LogP contribution in [0.15, 0.2) is 0 Å². The van der Waals surface area contributed by atoms with Crippen LogP contribution in [0.2, 0.25) is 0 Å². The van der Waals surface area contributed by atoms with Gasteiger partial charge in [0.15, 0.2) is 0 Å². The lowest BCUT2D eigenvalue weighted by atomic mass is 9.94. The first-order valence-electron chi connectivity index (χ1n) is 6.31. The summed E-state index contributed by atoms with van der Waals surface area (Å²) in [6, 6.07) is 0. The fourth-order valence-corrected chi connectivity index (χ4v) is 2.64. The third-order valence-electron chi connectivity index (χ3n) is 3.64. The Labute approximate surface area is 94.7 Å². The summed E-state index contributed by atoms with van der Waals surface area (Å²) in [7, 11) is 0. The minimum absolute atomic E-state index is 0.342. The van der Waals surface area contributed by atoms with Gasteiger partial charge < -0.3 is 5.11 Å². The molecule has 1 heterocycles. The van der Waals surface area contributed by atoms with Crippen LogP contribution in [0, 0.1) is 11.8 Å². The molecule has 0 bridgehead atoms. The van der Waals surface area contributed by atoms with Crippen LogP contribution in [0.25, 0.3) is 0 Å². The fraction of sp³-hybridized carbons (Fsp3) is 1.00. The molecule has 1 aliphatic rings. The van der Waals surface area contributed by atoms with E-state index in [1.165, 1.54) is 25.9 Å². The third kappa shape index (κ3) is 3.76. The van der Waals surface area contributed by atoms with E-state index < -0.39 is 0 Å². The molecule has 2 heteroatoms. The number of likely N-dealkylation sites (tertiary alicyclic amines) is 1. The van der Waals surface area contributed by atoms with Gasteiger partial charge in [-0.2, -0.15) is 0 Å². The minimum Gasteiger partial charge on any atom is -0.396 e. The number of aliphatic hydroxyl groups is 1. The Bertz CT molecular complexity index is 189. The maximum Gasteiger partial charge on any atom is 0.0434 e. The minimum atomic E-state index is 0.342. The van der Waals surface area contributed by atoms with Gasteiger partial charge in [-0.3, -0.25) is 4.90 Å². The number of rotatable bonds is 5. The zero-order chi connectivity index (χ0) is 11.5. The first-order valence-corrected chi connectivity index (χ1v) is 6.31. The molecule has 0 radical (unpaired) electrons. The van der Waals surface area contributed by atoms with Gasteiger partial charge in [-0.25, -0.2) is 0 Å². The van der Waals surface area contributed by atoms with E-state index >= 15 is 0 Å². The van der Waals surface area contributed by atoms with Crippen molar-refractivity contribution in [1.82, 2.24) is 4.90 Å². The second-order valence-corrected chi connectivity index (χ2v) is 6.02. The molecule has 15 heavy (non-hydrogen) atoms. The first kappa shape index (κ1) is 13.0. The standard InChI is InChI=1S/C13H27NO/c1-11(2)5-7-14-10-12(6-8-15)9-13(14,3)4/h11-12,15H,5-10H2,1-4H3. The Morgan fingerprint density at radius 3 is 2.60 bits per heavy atom. The molecule has 1 rings (SSSR count). The lowest BCUT2D eigenvalue weighted by Crippen LogP contribution is -2.39. The van der Waals surface area contributed by atoms with Crippen molar-refractivity contribution in [3.05, 3.63) is 0 Å². The largest absolute Gasteiger partial charge is 0.396 e. The van der Waals surface area contributed by atoms with E-state index in [0.717, 1.165) is 12.3 Å². The van der Waals surface area contributed by atoms with Gasteiger partial charge in [0.2, 0.25) is 0 Å². The number of aliphatic hydroxyl groups excluding tert-OH is 1. The Morgan fingerprint density at radius 1 is 1.40 bits per heavy atom. The molecule has 1 saturated heterocycles. The molecule has 0 aromatic rings. The van der Waals surface area contributed by atoms with Crippen LogP contribution < -0.4 is 0 Å². The highest BCUT2D eigenvalue weighted by atomic mass is 16.3. The Balaban J connectivity index is 2.42. The van der Waals surface area contributed by atoms with Crippen molar-refractivity contribution in [2.45, 2.75) is 52.5 Å². The van der Waals surface area contributed by atoms with Gasteiger partial charge in [0.05, 0.1) is 0 Å². The Hall–Kier alpha value is -0.0800. The Kier molecular flexibility index (Phi) is 4.60. The molecule has 1 aliphatic heterocycles. The van der Waals surface area contributed by atoms with Gasteiger partial charge in [0, 0.05) is 18.7 Å².